The van der Waals surface area contributed by atoms with Gasteiger partial charge in [0, 0.05) is 10.4 Å². The van der Waals surface area contributed by atoms with Crippen LogP contribution in [-0.2, 0) is 0 Å². The smallest absolute Gasteiger partial charge is 0.204 e. The quantitative estimate of drug-likeness (QED) is 0.739. The number of hydrogen-bond donors (Lipinski definition) is 0. The first-order chi connectivity index (χ1) is 7.99. The van der Waals surface area contributed by atoms with Gasteiger partial charge in [-0.3, -0.25) is 4.79 Å². The first-order valence-corrected chi connectivity index (χ1v) is 6.25. The normalized spacial score (nSPS) is 10.6. The Balaban J connectivity index is 2.47. The van der Waals surface area contributed by atoms with Crippen molar-refractivity contribution in [2.24, 2.45) is 0 Å². The molecule has 0 aliphatic carbocycles. The summed E-state index contributed by atoms with van der Waals surface area (Å²) in [7, 11) is 0. The van der Waals surface area contributed by atoms with Crippen LogP contribution >= 0.6 is 22.9 Å². The molecular weight excluding hydrogens is 259 g/mol. The van der Waals surface area contributed by atoms with Crippen molar-refractivity contribution in [2.75, 3.05) is 0 Å². The van der Waals surface area contributed by atoms with Gasteiger partial charge in [-0.25, -0.2) is 4.39 Å². The number of carbonyl (C=O) groups excluding carboxylic acids is 1. The van der Waals surface area contributed by atoms with Gasteiger partial charge < -0.3 is 0 Å². The Kier molecular flexibility index (Phi) is 3.31. The van der Waals surface area contributed by atoms with Gasteiger partial charge in [-0.2, -0.15) is 0 Å². The Bertz CT molecular complexity index is 589. The fraction of sp³-hybridized carbons (Fsp3) is 0.154. The molecule has 0 unspecified atom stereocenters. The molecule has 0 bridgehead atoms. The van der Waals surface area contributed by atoms with Crippen LogP contribution in [-0.4, -0.2) is 5.78 Å². The number of carbonyl (C=O) groups is 1. The molecule has 0 spiro atoms. The molecule has 0 fully saturated rings. The van der Waals surface area contributed by atoms with Gasteiger partial charge in [-0.1, -0.05) is 11.6 Å². The van der Waals surface area contributed by atoms with Crippen molar-refractivity contribution in [1.29, 1.82) is 0 Å². The molecule has 1 aromatic carbocycles. The summed E-state index contributed by atoms with van der Waals surface area (Å²) in [6.07, 6.45) is 0. The number of halogens is 2. The monoisotopic (exact) mass is 268 g/mol. The number of thiophene rings is 1. The minimum atomic E-state index is -0.439. The number of aryl methyl sites for hydroxylation is 2. The second-order valence-corrected chi connectivity index (χ2v) is 5.49. The zero-order valence-corrected chi connectivity index (χ0v) is 11.0. The average Bonchev–Trinajstić information content (AvgIpc) is 2.57. The minimum absolute atomic E-state index is 0.148. The number of hydrogen-bond acceptors (Lipinski definition) is 2. The maximum absolute atomic E-state index is 12.9. The van der Waals surface area contributed by atoms with E-state index < -0.39 is 5.82 Å². The fourth-order valence-electron chi connectivity index (χ4n) is 1.66. The maximum atomic E-state index is 12.9. The van der Waals surface area contributed by atoms with Crippen molar-refractivity contribution in [2.45, 2.75) is 13.8 Å². The van der Waals surface area contributed by atoms with Crippen LogP contribution in [0, 0.1) is 19.7 Å². The van der Waals surface area contributed by atoms with E-state index in [1.165, 1.54) is 23.5 Å². The van der Waals surface area contributed by atoms with Crippen LogP contribution in [0.3, 0.4) is 0 Å². The molecule has 0 atom stereocenters. The van der Waals surface area contributed by atoms with Gasteiger partial charge in [0.25, 0.3) is 0 Å². The van der Waals surface area contributed by atoms with Gasteiger partial charge in [0.15, 0.2) is 0 Å². The molecule has 1 nitrogen and oxygen atoms in total. The van der Waals surface area contributed by atoms with Crippen molar-refractivity contribution < 1.29 is 9.18 Å². The molecule has 0 N–H and O–H groups in total. The topological polar surface area (TPSA) is 17.1 Å². The lowest BCUT2D eigenvalue weighted by atomic mass is 10.1. The Morgan fingerprint density at radius 1 is 1.29 bits per heavy atom. The molecule has 88 valence electrons. The molecule has 0 saturated heterocycles. The highest BCUT2D eigenvalue weighted by Gasteiger charge is 2.17. The predicted molar refractivity (Wildman–Crippen MR) is 68.6 cm³/mol. The third-order valence-corrected chi connectivity index (χ3v) is 3.89. The molecule has 0 aliphatic heterocycles. The summed E-state index contributed by atoms with van der Waals surface area (Å²) in [6.45, 7) is 3.83. The van der Waals surface area contributed by atoms with E-state index in [9.17, 15) is 9.18 Å². The van der Waals surface area contributed by atoms with Gasteiger partial charge in [0.1, 0.15) is 5.82 Å². The molecule has 2 aromatic rings. The third kappa shape index (κ3) is 2.40. The van der Waals surface area contributed by atoms with Crippen molar-refractivity contribution in [3.05, 3.63) is 56.0 Å². The third-order valence-electron chi connectivity index (χ3n) is 2.42. The molecular formula is C13H10ClFOS. The first kappa shape index (κ1) is 12.3. The van der Waals surface area contributed by atoms with Crippen LogP contribution in [0.2, 0.25) is 5.02 Å². The van der Waals surface area contributed by atoms with Gasteiger partial charge >= 0.3 is 0 Å². The van der Waals surface area contributed by atoms with Crippen molar-refractivity contribution in [3.8, 4) is 0 Å². The molecule has 1 aromatic heterocycles. The maximum Gasteiger partial charge on any atom is 0.204 e. The fourth-order valence-corrected chi connectivity index (χ4v) is 2.90. The molecule has 17 heavy (non-hydrogen) atoms. The molecule has 0 amide bonds. The van der Waals surface area contributed by atoms with E-state index >= 15 is 0 Å². The zero-order valence-electron chi connectivity index (χ0n) is 9.38. The van der Waals surface area contributed by atoms with E-state index in [0.29, 0.717) is 10.4 Å². The van der Waals surface area contributed by atoms with Crippen LogP contribution < -0.4 is 0 Å². The van der Waals surface area contributed by atoms with Crippen molar-refractivity contribution in [3.63, 3.8) is 0 Å². The van der Waals surface area contributed by atoms with E-state index in [0.717, 1.165) is 16.5 Å². The van der Waals surface area contributed by atoms with Gasteiger partial charge in [0.2, 0.25) is 5.78 Å². The first-order valence-electron chi connectivity index (χ1n) is 5.06. The molecule has 4 heteroatoms. The Labute approximate surface area is 108 Å². The molecule has 0 radical (unpaired) electrons. The lowest BCUT2D eigenvalue weighted by Gasteiger charge is -2.02. The summed E-state index contributed by atoms with van der Waals surface area (Å²) in [4.78, 5) is 14.0. The van der Waals surface area contributed by atoms with E-state index in [1.807, 2.05) is 19.9 Å². The Morgan fingerprint density at radius 2 is 2.00 bits per heavy atom. The Hall–Kier alpha value is -1.19. The average molecular weight is 269 g/mol. The highest BCUT2D eigenvalue weighted by Crippen LogP contribution is 2.27. The predicted octanol–water partition coefficient (Wildman–Crippen LogP) is 4.39. The van der Waals surface area contributed by atoms with Crippen LogP contribution in [0.4, 0.5) is 4.39 Å². The zero-order chi connectivity index (χ0) is 12.6. The molecule has 2 rings (SSSR count). The van der Waals surface area contributed by atoms with E-state index in [2.05, 4.69) is 0 Å². The second-order valence-electron chi connectivity index (χ2n) is 3.82. The van der Waals surface area contributed by atoms with E-state index in [1.54, 1.807) is 0 Å². The standard InChI is InChI=1S/C13H10ClFOS/c1-7-5-8(2)17-13(7)12(16)10-4-3-9(15)6-11(10)14/h3-6H,1-2H3. The number of ketones is 1. The second kappa shape index (κ2) is 4.59. The highest BCUT2D eigenvalue weighted by molar-refractivity contribution is 7.14. The van der Waals surface area contributed by atoms with Gasteiger partial charge in [-0.15, -0.1) is 11.3 Å². The SMILES string of the molecule is Cc1cc(C)c(C(=O)c2ccc(F)cc2Cl)s1. The summed E-state index contributed by atoms with van der Waals surface area (Å²) < 4.78 is 12.9. The summed E-state index contributed by atoms with van der Waals surface area (Å²) in [5, 5.41) is 0.153. The van der Waals surface area contributed by atoms with Crippen LogP contribution in [0.1, 0.15) is 25.7 Å². The summed E-state index contributed by atoms with van der Waals surface area (Å²) >= 11 is 7.31. The van der Waals surface area contributed by atoms with Crippen LogP contribution in [0.25, 0.3) is 0 Å². The molecule has 1 heterocycles. The largest absolute Gasteiger partial charge is 0.288 e. The lowest BCUT2D eigenvalue weighted by Crippen LogP contribution is -2.01. The lowest BCUT2D eigenvalue weighted by molar-refractivity contribution is 0.104. The summed E-state index contributed by atoms with van der Waals surface area (Å²) in [5.74, 6) is -0.587. The summed E-state index contributed by atoms with van der Waals surface area (Å²) in [5.41, 5.74) is 1.27. The van der Waals surface area contributed by atoms with Gasteiger partial charge in [0.05, 0.1) is 9.90 Å². The minimum Gasteiger partial charge on any atom is -0.288 e. The van der Waals surface area contributed by atoms with Crippen molar-refractivity contribution >= 4 is 28.7 Å². The van der Waals surface area contributed by atoms with Crippen LogP contribution in [0.5, 0.6) is 0 Å². The van der Waals surface area contributed by atoms with Gasteiger partial charge in [-0.05, 0) is 43.7 Å². The summed E-state index contributed by atoms with van der Waals surface area (Å²) in [6, 6.07) is 5.78. The molecule has 0 aliphatic rings. The molecule has 0 saturated carbocycles. The van der Waals surface area contributed by atoms with E-state index in [-0.39, 0.29) is 10.8 Å². The highest BCUT2D eigenvalue weighted by atomic mass is 35.5. The Morgan fingerprint density at radius 3 is 2.53 bits per heavy atom. The van der Waals surface area contributed by atoms with E-state index in [4.69, 9.17) is 11.6 Å². The number of rotatable bonds is 2. The number of benzene rings is 1. The van der Waals surface area contributed by atoms with Crippen molar-refractivity contribution in [1.82, 2.24) is 0 Å². The van der Waals surface area contributed by atoms with Crippen LogP contribution in [0.15, 0.2) is 24.3 Å².